The Morgan fingerprint density at radius 2 is 1.35 bits per heavy atom. The number of rotatable bonds is 4. The highest BCUT2D eigenvalue weighted by molar-refractivity contribution is 7.14. The van der Waals surface area contributed by atoms with Gasteiger partial charge in [-0.3, -0.25) is 0 Å². The average molecular weight is 473 g/mol. The van der Waals surface area contributed by atoms with Crippen molar-refractivity contribution in [2.75, 3.05) is 38.0 Å². The van der Waals surface area contributed by atoms with Gasteiger partial charge in [-0.2, -0.15) is 0 Å². The maximum absolute atomic E-state index is 11.5. The van der Waals surface area contributed by atoms with Crippen molar-refractivity contribution >= 4 is 59.5 Å². The van der Waals surface area contributed by atoms with Crippen molar-refractivity contribution in [2.24, 2.45) is 0 Å². The SMILES string of the molecule is CN(C)c1ccc2c(c1)[Si](C)(C)c1cc(N(C)C)ccc1C2c1ccc(C(=O)O)s1.Cl. The normalized spacial score (nSPS) is 14.3. The average Bonchev–Trinajstić information content (AvgIpc) is 3.17. The predicted octanol–water partition coefficient (Wildman–Crippen LogP) is 4.32. The second-order valence-electron chi connectivity index (χ2n) is 8.90. The summed E-state index contributed by atoms with van der Waals surface area (Å²) in [4.78, 5) is 17.3. The van der Waals surface area contributed by atoms with Gasteiger partial charge in [0.25, 0.3) is 0 Å². The molecular formula is C24H29ClN2O2SSi. The Balaban J connectivity index is 0.00000272. The van der Waals surface area contributed by atoms with Crippen LogP contribution in [-0.2, 0) is 0 Å². The van der Waals surface area contributed by atoms with Crippen molar-refractivity contribution in [2.45, 2.75) is 19.0 Å². The molecule has 1 aliphatic heterocycles. The third-order valence-corrected chi connectivity index (χ3v) is 10.9. The molecule has 0 fully saturated rings. The van der Waals surface area contributed by atoms with Gasteiger partial charge in [0.1, 0.15) is 13.0 Å². The van der Waals surface area contributed by atoms with Crippen LogP contribution in [0.2, 0.25) is 13.1 Å². The molecule has 0 bridgehead atoms. The maximum Gasteiger partial charge on any atom is 0.345 e. The molecule has 4 rings (SSSR count). The molecule has 0 spiro atoms. The number of anilines is 2. The van der Waals surface area contributed by atoms with Crippen molar-refractivity contribution in [3.05, 3.63) is 69.4 Å². The minimum absolute atomic E-state index is 0. The summed E-state index contributed by atoms with van der Waals surface area (Å²) in [7, 11) is 6.36. The number of nitrogens with zero attached hydrogens (tertiary/aromatic N) is 2. The molecule has 0 radical (unpaired) electrons. The van der Waals surface area contributed by atoms with E-state index < -0.39 is 14.0 Å². The molecule has 0 unspecified atom stereocenters. The van der Waals surface area contributed by atoms with E-state index in [1.165, 1.54) is 44.2 Å². The summed E-state index contributed by atoms with van der Waals surface area (Å²) < 4.78 is 0. The van der Waals surface area contributed by atoms with Gasteiger partial charge >= 0.3 is 5.97 Å². The van der Waals surface area contributed by atoms with Crippen molar-refractivity contribution in [1.82, 2.24) is 0 Å². The molecule has 0 saturated carbocycles. The molecule has 1 aliphatic rings. The van der Waals surface area contributed by atoms with Gasteiger partial charge in [-0.25, -0.2) is 4.79 Å². The van der Waals surface area contributed by atoms with E-state index in [2.05, 4.69) is 87.5 Å². The first-order chi connectivity index (χ1) is 14.1. The van der Waals surface area contributed by atoms with Crippen LogP contribution in [0.15, 0.2) is 48.5 Å². The van der Waals surface area contributed by atoms with E-state index in [4.69, 9.17) is 0 Å². The van der Waals surface area contributed by atoms with E-state index in [1.807, 2.05) is 6.07 Å². The van der Waals surface area contributed by atoms with Crippen molar-refractivity contribution in [1.29, 1.82) is 0 Å². The number of fused-ring (bicyclic) bond motifs is 2. The number of carboxylic acids is 1. The van der Waals surface area contributed by atoms with Gasteiger partial charge in [0, 0.05) is 50.4 Å². The van der Waals surface area contributed by atoms with Crippen LogP contribution in [0.3, 0.4) is 0 Å². The summed E-state index contributed by atoms with van der Waals surface area (Å²) in [5, 5.41) is 12.3. The lowest BCUT2D eigenvalue weighted by Gasteiger charge is -2.39. The number of hydrogen-bond acceptors (Lipinski definition) is 4. The second-order valence-corrected chi connectivity index (χ2v) is 14.3. The number of benzene rings is 2. The third kappa shape index (κ3) is 3.88. The van der Waals surface area contributed by atoms with Crippen LogP contribution in [0.4, 0.5) is 11.4 Å². The zero-order valence-corrected chi connectivity index (χ0v) is 21.4. The van der Waals surface area contributed by atoms with E-state index in [-0.39, 0.29) is 18.3 Å². The summed E-state index contributed by atoms with van der Waals surface area (Å²) >= 11 is 1.39. The van der Waals surface area contributed by atoms with Gasteiger partial charge in [-0.05, 0) is 57.9 Å². The van der Waals surface area contributed by atoms with Crippen LogP contribution < -0.4 is 20.2 Å². The van der Waals surface area contributed by atoms with Crippen LogP contribution in [0.5, 0.6) is 0 Å². The second kappa shape index (κ2) is 8.34. The van der Waals surface area contributed by atoms with Crippen LogP contribution >= 0.6 is 23.7 Å². The third-order valence-electron chi connectivity index (χ3n) is 6.20. The molecule has 0 atom stereocenters. The lowest BCUT2D eigenvalue weighted by molar-refractivity contribution is 0.0702. The molecule has 2 aromatic carbocycles. The van der Waals surface area contributed by atoms with Crippen LogP contribution in [0, 0.1) is 0 Å². The van der Waals surface area contributed by atoms with Gasteiger partial charge in [0.15, 0.2) is 0 Å². The highest BCUT2D eigenvalue weighted by Crippen LogP contribution is 2.40. The maximum atomic E-state index is 11.5. The quantitative estimate of drug-likeness (QED) is 0.574. The van der Waals surface area contributed by atoms with Crippen molar-refractivity contribution in [3.63, 3.8) is 0 Å². The Morgan fingerprint density at radius 3 is 1.74 bits per heavy atom. The largest absolute Gasteiger partial charge is 0.477 e. The zero-order valence-electron chi connectivity index (χ0n) is 18.8. The summed E-state index contributed by atoms with van der Waals surface area (Å²) in [6.45, 7) is 4.85. The van der Waals surface area contributed by atoms with Gasteiger partial charge in [-0.1, -0.05) is 25.2 Å². The summed E-state index contributed by atoms with van der Waals surface area (Å²) in [5.74, 6) is -0.788. The van der Waals surface area contributed by atoms with Gasteiger partial charge < -0.3 is 14.9 Å². The summed E-state index contributed by atoms with van der Waals surface area (Å²) in [5.41, 5.74) is 5.05. The lowest BCUT2D eigenvalue weighted by atomic mass is 9.88. The number of carbonyl (C=O) groups is 1. The first-order valence-corrected chi connectivity index (χ1v) is 13.9. The predicted molar refractivity (Wildman–Crippen MR) is 138 cm³/mol. The molecule has 7 heteroatoms. The molecule has 0 saturated heterocycles. The van der Waals surface area contributed by atoms with Gasteiger partial charge in [0.05, 0.1) is 0 Å². The molecule has 31 heavy (non-hydrogen) atoms. The standard InChI is InChI=1S/C24H28N2O2SSi.ClH/c1-25(2)15-7-9-17-21(13-15)30(5,6)22-14-16(26(3)4)8-10-18(22)23(17)19-11-12-20(29-19)24(27)28;/h7-14,23H,1-6H3,(H,27,28);1H. The lowest BCUT2D eigenvalue weighted by Crippen LogP contribution is -2.59. The Morgan fingerprint density at radius 1 is 0.871 bits per heavy atom. The number of aromatic carboxylic acids is 1. The summed E-state index contributed by atoms with van der Waals surface area (Å²) in [6.07, 6.45) is 0. The van der Waals surface area contributed by atoms with Gasteiger partial charge in [0.2, 0.25) is 0 Å². The molecule has 1 aromatic heterocycles. The molecular weight excluding hydrogens is 444 g/mol. The van der Waals surface area contributed by atoms with Crippen molar-refractivity contribution in [3.8, 4) is 0 Å². The molecule has 0 amide bonds. The van der Waals surface area contributed by atoms with Crippen LogP contribution in [0.1, 0.15) is 31.6 Å². The highest BCUT2D eigenvalue weighted by Gasteiger charge is 2.40. The minimum atomic E-state index is -1.94. The van der Waals surface area contributed by atoms with E-state index in [0.29, 0.717) is 4.88 Å². The fraction of sp³-hybridized carbons (Fsp3) is 0.292. The topological polar surface area (TPSA) is 43.8 Å². The Labute approximate surface area is 195 Å². The first-order valence-electron chi connectivity index (χ1n) is 10.1. The van der Waals surface area contributed by atoms with E-state index in [0.717, 1.165) is 4.88 Å². The molecule has 1 N–H and O–H groups in total. The zero-order chi connectivity index (χ0) is 21.8. The van der Waals surface area contributed by atoms with E-state index in [9.17, 15) is 9.90 Å². The fourth-order valence-electron chi connectivity index (χ4n) is 4.47. The molecule has 0 aliphatic carbocycles. The fourth-order valence-corrected chi connectivity index (χ4v) is 8.66. The smallest absolute Gasteiger partial charge is 0.345 e. The minimum Gasteiger partial charge on any atom is -0.477 e. The Bertz CT molecular complexity index is 1080. The van der Waals surface area contributed by atoms with Crippen LogP contribution in [0.25, 0.3) is 0 Å². The number of hydrogen-bond donors (Lipinski definition) is 1. The van der Waals surface area contributed by atoms with E-state index >= 15 is 0 Å². The Kier molecular flexibility index (Phi) is 6.29. The van der Waals surface area contributed by atoms with Crippen LogP contribution in [-0.4, -0.2) is 47.3 Å². The first kappa shape index (κ1) is 23.4. The Hall–Kier alpha value is -2.28. The molecule has 2 heterocycles. The highest BCUT2D eigenvalue weighted by atomic mass is 35.5. The van der Waals surface area contributed by atoms with Crippen molar-refractivity contribution < 1.29 is 9.90 Å². The number of carboxylic acid groups (broad SMARTS) is 1. The van der Waals surface area contributed by atoms with E-state index in [1.54, 1.807) is 6.07 Å². The number of thiophene rings is 1. The summed E-state index contributed by atoms with van der Waals surface area (Å²) in [6, 6.07) is 17.3. The number of halogens is 1. The molecule has 164 valence electrons. The van der Waals surface area contributed by atoms with Gasteiger partial charge in [-0.15, -0.1) is 23.7 Å². The monoisotopic (exact) mass is 472 g/mol. The molecule has 4 nitrogen and oxygen atoms in total. The molecule has 3 aromatic rings.